The molecule has 0 saturated carbocycles. The molecule has 0 bridgehead atoms. The van der Waals surface area contributed by atoms with E-state index < -0.39 is 50.5 Å². The predicted molar refractivity (Wildman–Crippen MR) is 59.7 cm³/mol. The van der Waals surface area contributed by atoms with Gasteiger partial charge in [0.25, 0.3) is 0 Å². The van der Waals surface area contributed by atoms with Crippen LogP contribution in [0.25, 0.3) is 0 Å². The molecule has 0 aliphatic carbocycles. The minimum atomic E-state index is -4.94. The van der Waals surface area contributed by atoms with E-state index in [4.69, 9.17) is 10.2 Å². The molecule has 0 spiro atoms. The van der Waals surface area contributed by atoms with Crippen molar-refractivity contribution in [3.05, 3.63) is 29.6 Å². The van der Waals surface area contributed by atoms with E-state index in [0.29, 0.717) is 0 Å². The molecule has 0 heterocycles. The second-order valence-electron chi connectivity index (χ2n) is 3.88. The van der Waals surface area contributed by atoms with Crippen LogP contribution in [-0.4, -0.2) is 36.7 Å². The summed E-state index contributed by atoms with van der Waals surface area (Å²) < 4.78 is 64.2. The molecule has 20 heavy (non-hydrogen) atoms. The molecule has 0 aliphatic rings. The Balaban J connectivity index is 3.28. The number of hydrogen-bond donors (Lipinski definition) is 3. The number of sulfonamides is 1. The second-order valence-corrected chi connectivity index (χ2v) is 5.53. The van der Waals surface area contributed by atoms with Crippen molar-refractivity contribution in [3.8, 4) is 0 Å². The zero-order valence-electron chi connectivity index (χ0n) is 9.97. The molecular formula is C10H10F3NO5S. The van der Waals surface area contributed by atoms with Gasteiger partial charge >= 0.3 is 5.97 Å². The summed E-state index contributed by atoms with van der Waals surface area (Å²) in [5.74, 6) is -6.51. The SMILES string of the molecule is C[C@@H](O)[C@H](NS(=O)(=O)c1c(F)cc(F)cc1F)C(=O)O. The average molecular weight is 313 g/mol. The van der Waals surface area contributed by atoms with Crippen molar-refractivity contribution < 1.29 is 36.6 Å². The minimum Gasteiger partial charge on any atom is -0.480 e. The molecule has 10 heteroatoms. The maximum atomic E-state index is 13.4. The lowest BCUT2D eigenvalue weighted by atomic mass is 10.2. The predicted octanol–water partition coefficient (Wildman–Crippen LogP) is 0.216. The second kappa shape index (κ2) is 5.77. The Hall–Kier alpha value is -1.65. The van der Waals surface area contributed by atoms with Gasteiger partial charge in [-0.05, 0) is 6.92 Å². The number of benzene rings is 1. The number of carboxylic acid groups (broad SMARTS) is 1. The van der Waals surface area contributed by atoms with Gasteiger partial charge in [0.1, 0.15) is 23.5 Å². The molecule has 0 unspecified atom stereocenters. The number of carboxylic acids is 1. The lowest BCUT2D eigenvalue weighted by Crippen LogP contribution is -2.47. The lowest BCUT2D eigenvalue weighted by molar-refractivity contribution is -0.141. The van der Waals surface area contributed by atoms with Crippen molar-refractivity contribution in [1.29, 1.82) is 0 Å². The molecule has 1 aromatic carbocycles. The van der Waals surface area contributed by atoms with Crippen molar-refractivity contribution in [1.82, 2.24) is 4.72 Å². The normalized spacial score (nSPS) is 14.8. The van der Waals surface area contributed by atoms with E-state index in [9.17, 15) is 26.4 Å². The Morgan fingerprint density at radius 2 is 1.70 bits per heavy atom. The van der Waals surface area contributed by atoms with Gasteiger partial charge in [-0.25, -0.2) is 21.6 Å². The Morgan fingerprint density at radius 1 is 1.25 bits per heavy atom. The first-order valence-electron chi connectivity index (χ1n) is 5.14. The molecule has 1 aromatic rings. The van der Waals surface area contributed by atoms with E-state index in [1.54, 1.807) is 0 Å². The van der Waals surface area contributed by atoms with Crippen LogP contribution in [0.3, 0.4) is 0 Å². The molecular weight excluding hydrogens is 303 g/mol. The molecule has 0 fully saturated rings. The summed E-state index contributed by atoms with van der Waals surface area (Å²) in [7, 11) is -4.94. The zero-order valence-corrected chi connectivity index (χ0v) is 10.8. The van der Waals surface area contributed by atoms with Crippen molar-refractivity contribution in [2.45, 2.75) is 24.0 Å². The molecule has 0 aromatic heterocycles. The first-order chi connectivity index (χ1) is 9.06. The number of hydrogen-bond acceptors (Lipinski definition) is 4. The van der Waals surface area contributed by atoms with E-state index in [1.807, 2.05) is 0 Å². The number of halogens is 3. The van der Waals surface area contributed by atoms with Crippen molar-refractivity contribution >= 4 is 16.0 Å². The highest BCUT2D eigenvalue weighted by Gasteiger charge is 2.33. The molecule has 1 rings (SSSR count). The van der Waals surface area contributed by atoms with E-state index in [2.05, 4.69) is 0 Å². The number of nitrogens with one attached hydrogen (secondary N) is 1. The van der Waals surface area contributed by atoms with Gasteiger partial charge in [-0.3, -0.25) is 4.79 Å². The van der Waals surface area contributed by atoms with Gasteiger partial charge in [-0.2, -0.15) is 4.72 Å². The van der Waals surface area contributed by atoms with Gasteiger partial charge < -0.3 is 10.2 Å². The number of aliphatic hydroxyl groups is 1. The summed E-state index contributed by atoms with van der Waals surface area (Å²) in [5, 5.41) is 17.8. The smallest absolute Gasteiger partial charge is 0.324 e. The highest BCUT2D eigenvalue weighted by molar-refractivity contribution is 7.89. The van der Waals surface area contributed by atoms with Crippen LogP contribution in [0.15, 0.2) is 17.0 Å². The Morgan fingerprint density at radius 3 is 2.05 bits per heavy atom. The first kappa shape index (κ1) is 16.4. The van der Waals surface area contributed by atoms with E-state index in [0.717, 1.165) is 6.92 Å². The van der Waals surface area contributed by atoms with Gasteiger partial charge in [0.05, 0.1) is 6.10 Å². The third kappa shape index (κ3) is 3.46. The largest absolute Gasteiger partial charge is 0.480 e. The van der Waals surface area contributed by atoms with Crippen LogP contribution in [0.4, 0.5) is 13.2 Å². The average Bonchev–Trinajstić information content (AvgIpc) is 2.23. The molecule has 0 amide bonds. The van der Waals surface area contributed by atoms with Gasteiger partial charge in [-0.1, -0.05) is 0 Å². The molecule has 6 nitrogen and oxygen atoms in total. The van der Waals surface area contributed by atoms with Crippen molar-refractivity contribution in [2.24, 2.45) is 0 Å². The summed E-state index contributed by atoms with van der Waals surface area (Å²) in [6.45, 7) is 0.971. The Kier molecular flexibility index (Phi) is 4.73. The first-order valence-corrected chi connectivity index (χ1v) is 6.62. The van der Waals surface area contributed by atoms with Crippen LogP contribution in [0.5, 0.6) is 0 Å². The number of carbonyl (C=O) groups is 1. The van der Waals surface area contributed by atoms with E-state index in [-0.39, 0.29) is 12.1 Å². The molecule has 2 atom stereocenters. The molecule has 0 radical (unpaired) electrons. The van der Waals surface area contributed by atoms with Gasteiger partial charge in [0, 0.05) is 12.1 Å². The number of aliphatic carboxylic acids is 1. The van der Waals surface area contributed by atoms with Crippen LogP contribution in [0.1, 0.15) is 6.92 Å². The summed E-state index contributed by atoms with van der Waals surface area (Å²) >= 11 is 0. The minimum absolute atomic E-state index is 0.135. The maximum absolute atomic E-state index is 13.4. The van der Waals surface area contributed by atoms with Crippen LogP contribution in [-0.2, 0) is 14.8 Å². The quantitative estimate of drug-likeness (QED) is 0.721. The monoisotopic (exact) mass is 313 g/mol. The van der Waals surface area contributed by atoms with Crippen LogP contribution in [0.2, 0.25) is 0 Å². The molecule has 112 valence electrons. The third-order valence-electron chi connectivity index (χ3n) is 2.26. The van der Waals surface area contributed by atoms with Crippen LogP contribution in [0, 0.1) is 17.5 Å². The van der Waals surface area contributed by atoms with Crippen molar-refractivity contribution in [2.75, 3.05) is 0 Å². The molecule has 3 N–H and O–H groups in total. The number of rotatable bonds is 5. The molecule has 0 aliphatic heterocycles. The fraction of sp³-hybridized carbons (Fsp3) is 0.300. The van der Waals surface area contributed by atoms with Crippen molar-refractivity contribution in [3.63, 3.8) is 0 Å². The zero-order chi connectivity index (χ0) is 15.7. The Labute approximate surface area is 111 Å². The van der Waals surface area contributed by atoms with Gasteiger partial charge in [-0.15, -0.1) is 0 Å². The van der Waals surface area contributed by atoms with Crippen LogP contribution >= 0.6 is 0 Å². The fourth-order valence-corrected chi connectivity index (χ4v) is 2.75. The highest BCUT2D eigenvalue weighted by atomic mass is 32.2. The van der Waals surface area contributed by atoms with E-state index in [1.165, 1.54) is 4.72 Å². The Bertz CT molecular complexity index is 609. The third-order valence-corrected chi connectivity index (χ3v) is 3.75. The number of aliphatic hydroxyl groups excluding tert-OH is 1. The van der Waals surface area contributed by atoms with Gasteiger partial charge in [0.15, 0.2) is 4.90 Å². The van der Waals surface area contributed by atoms with E-state index >= 15 is 0 Å². The summed E-state index contributed by atoms with van der Waals surface area (Å²) in [6.07, 6.45) is -1.66. The molecule has 0 saturated heterocycles. The highest BCUT2D eigenvalue weighted by Crippen LogP contribution is 2.20. The topological polar surface area (TPSA) is 104 Å². The standard InChI is InChI=1S/C10H10F3NO5S/c1-4(15)8(10(16)17)14-20(18,19)9-6(12)2-5(11)3-7(9)13/h2-4,8,14-15H,1H3,(H,16,17)/t4-,8+/m1/s1. The summed E-state index contributed by atoms with van der Waals surface area (Å²) in [6, 6.07) is -1.74. The summed E-state index contributed by atoms with van der Waals surface area (Å²) in [4.78, 5) is 9.22. The fourth-order valence-electron chi connectivity index (χ4n) is 1.37. The lowest BCUT2D eigenvalue weighted by Gasteiger charge is -2.17. The van der Waals surface area contributed by atoms with Gasteiger partial charge in [0.2, 0.25) is 10.0 Å². The van der Waals surface area contributed by atoms with Crippen LogP contribution < -0.4 is 4.72 Å². The summed E-state index contributed by atoms with van der Waals surface area (Å²) in [5.41, 5.74) is 0. The maximum Gasteiger partial charge on any atom is 0.324 e.